The number of hydrogen-bond acceptors (Lipinski definition) is 3. The van der Waals surface area contributed by atoms with E-state index in [1.165, 1.54) is 0 Å². The molecule has 102 valence electrons. The number of aliphatic hydroxyl groups excluding tert-OH is 1. The molecule has 1 aromatic carbocycles. The maximum Gasteiger partial charge on any atom is 0.261 e. The van der Waals surface area contributed by atoms with Crippen LogP contribution in [-0.2, 0) is 0 Å². The molecule has 1 atom stereocenters. The van der Waals surface area contributed by atoms with Crippen LogP contribution >= 0.6 is 0 Å². The van der Waals surface area contributed by atoms with Crippen molar-refractivity contribution in [3.05, 3.63) is 34.9 Å². The first-order valence-corrected chi connectivity index (χ1v) is 5.91. The normalized spacial score (nSPS) is 15.9. The second-order valence-corrected chi connectivity index (χ2v) is 4.65. The van der Waals surface area contributed by atoms with Crippen molar-refractivity contribution in [1.29, 1.82) is 0 Å². The first-order valence-electron chi connectivity index (χ1n) is 5.91. The van der Waals surface area contributed by atoms with Gasteiger partial charge in [0.15, 0.2) is 11.6 Å². The summed E-state index contributed by atoms with van der Waals surface area (Å²) in [6.45, 7) is 1.85. The summed E-state index contributed by atoms with van der Waals surface area (Å²) in [5, 5.41) is 8.80. The Hall–Kier alpha value is -1.82. The van der Waals surface area contributed by atoms with Crippen LogP contribution in [-0.4, -0.2) is 35.0 Å². The van der Waals surface area contributed by atoms with Gasteiger partial charge in [0.25, 0.3) is 11.8 Å². The molecule has 4 nitrogen and oxygen atoms in total. The molecule has 0 aromatic heterocycles. The zero-order chi connectivity index (χ0) is 14.2. The van der Waals surface area contributed by atoms with Crippen LogP contribution < -0.4 is 0 Å². The average Bonchev–Trinajstić information content (AvgIpc) is 2.56. The summed E-state index contributed by atoms with van der Waals surface area (Å²) in [4.78, 5) is 24.9. The molecule has 1 heterocycles. The Morgan fingerprint density at radius 3 is 2.05 bits per heavy atom. The summed E-state index contributed by atoms with van der Waals surface area (Å²) in [6, 6.07) is 1.50. The number of rotatable bonds is 4. The topological polar surface area (TPSA) is 57.6 Å². The number of aliphatic hydroxyl groups is 1. The Kier molecular flexibility index (Phi) is 3.61. The van der Waals surface area contributed by atoms with E-state index >= 15 is 0 Å². The largest absolute Gasteiger partial charge is 0.396 e. The van der Waals surface area contributed by atoms with E-state index in [0.29, 0.717) is 6.42 Å². The third kappa shape index (κ3) is 2.35. The quantitative estimate of drug-likeness (QED) is 0.844. The van der Waals surface area contributed by atoms with Gasteiger partial charge in [-0.3, -0.25) is 14.5 Å². The lowest BCUT2D eigenvalue weighted by atomic mass is 10.1. The molecule has 1 aliphatic rings. The van der Waals surface area contributed by atoms with Crippen molar-refractivity contribution in [3.63, 3.8) is 0 Å². The molecule has 0 fully saturated rings. The van der Waals surface area contributed by atoms with E-state index in [0.717, 1.165) is 17.0 Å². The second-order valence-electron chi connectivity index (χ2n) is 4.65. The molecule has 6 heteroatoms. The summed E-state index contributed by atoms with van der Waals surface area (Å²) in [5.74, 6) is -3.62. The minimum absolute atomic E-state index is 0.0480. The standard InChI is InChI=1S/C13H13F2NO3/c1-7(2-3-17)6-16-12(18)8-4-10(14)11(15)5-9(8)13(16)19/h4-5,7,17H,2-3,6H2,1H3. The van der Waals surface area contributed by atoms with Gasteiger partial charge in [-0.1, -0.05) is 6.92 Å². The zero-order valence-electron chi connectivity index (χ0n) is 10.3. The molecule has 2 rings (SSSR count). The average molecular weight is 269 g/mol. The smallest absolute Gasteiger partial charge is 0.261 e. The molecule has 0 radical (unpaired) electrons. The van der Waals surface area contributed by atoms with Crippen molar-refractivity contribution in [2.45, 2.75) is 13.3 Å². The van der Waals surface area contributed by atoms with Gasteiger partial charge >= 0.3 is 0 Å². The molecule has 0 saturated carbocycles. The Morgan fingerprint density at radius 1 is 1.16 bits per heavy atom. The van der Waals surface area contributed by atoms with Crippen LogP contribution in [0, 0.1) is 17.6 Å². The van der Waals surface area contributed by atoms with Crippen LogP contribution in [0.3, 0.4) is 0 Å². The van der Waals surface area contributed by atoms with Gasteiger partial charge in [-0.05, 0) is 24.5 Å². The van der Waals surface area contributed by atoms with Gasteiger partial charge in [-0.15, -0.1) is 0 Å². The zero-order valence-corrected chi connectivity index (χ0v) is 10.3. The monoisotopic (exact) mass is 269 g/mol. The third-order valence-corrected chi connectivity index (χ3v) is 3.13. The van der Waals surface area contributed by atoms with Crippen molar-refractivity contribution in [1.82, 2.24) is 4.90 Å². The van der Waals surface area contributed by atoms with Crippen molar-refractivity contribution in [2.24, 2.45) is 5.92 Å². The highest BCUT2D eigenvalue weighted by Gasteiger charge is 2.37. The predicted octanol–water partition coefficient (Wildman–Crippen LogP) is 1.58. The van der Waals surface area contributed by atoms with Gasteiger partial charge in [0, 0.05) is 13.2 Å². The lowest BCUT2D eigenvalue weighted by Crippen LogP contribution is -2.34. The van der Waals surface area contributed by atoms with E-state index in [2.05, 4.69) is 0 Å². The number of benzene rings is 1. The molecule has 1 aliphatic heterocycles. The Labute approximate surface area is 108 Å². The number of nitrogens with zero attached hydrogens (tertiary/aromatic N) is 1. The number of hydrogen-bond donors (Lipinski definition) is 1. The minimum Gasteiger partial charge on any atom is -0.396 e. The molecule has 0 spiro atoms. The van der Waals surface area contributed by atoms with Crippen molar-refractivity contribution < 1.29 is 23.5 Å². The molecule has 1 aromatic rings. The molecule has 0 bridgehead atoms. The van der Waals surface area contributed by atoms with E-state index < -0.39 is 23.4 Å². The molecule has 19 heavy (non-hydrogen) atoms. The molecule has 1 N–H and O–H groups in total. The Morgan fingerprint density at radius 2 is 1.63 bits per heavy atom. The summed E-state index contributed by atoms with van der Waals surface area (Å²) in [6.07, 6.45) is 0.441. The van der Waals surface area contributed by atoms with Crippen molar-refractivity contribution >= 4 is 11.8 Å². The van der Waals surface area contributed by atoms with Gasteiger partial charge in [0.2, 0.25) is 0 Å². The number of fused-ring (bicyclic) bond motifs is 1. The summed E-state index contributed by atoms with van der Waals surface area (Å²) >= 11 is 0. The van der Waals surface area contributed by atoms with E-state index in [1.807, 2.05) is 0 Å². The Balaban J connectivity index is 2.29. The molecule has 0 saturated heterocycles. The fourth-order valence-electron chi connectivity index (χ4n) is 2.07. The van der Waals surface area contributed by atoms with Gasteiger partial charge in [0.1, 0.15) is 0 Å². The number of imide groups is 1. The first-order chi connectivity index (χ1) is 8.95. The fraction of sp³-hybridized carbons (Fsp3) is 0.385. The van der Waals surface area contributed by atoms with Gasteiger partial charge < -0.3 is 5.11 Å². The van der Waals surface area contributed by atoms with E-state index in [9.17, 15) is 18.4 Å². The lowest BCUT2D eigenvalue weighted by molar-refractivity contribution is 0.0624. The molecule has 1 unspecified atom stereocenters. The van der Waals surface area contributed by atoms with E-state index in [1.54, 1.807) is 6.92 Å². The molecular weight excluding hydrogens is 256 g/mol. The maximum atomic E-state index is 13.1. The number of amides is 2. The highest BCUT2D eigenvalue weighted by atomic mass is 19.2. The summed E-state index contributed by atoms with van der Waals surface area (Å²) in [5.41, 5.74) is -0.222. The number of carbonyl (C=O) groups excluding carboxylic acids is 2. The van der Waals surface area contributed by atoms with E-state index in [-0.39, 0.29) is 30.2 Å². The summed E-state index contributed by atoms with van der Waals surface area (Å²) in [7, 11) is 0. The third-order valence-electron chi connectivity index (χ3n) is 3.13. The van der Waals surface area contributed by atoms with Crippen molar-refractivity contribution in [3.8, 4) is 0 Å². The molecular formula is C13H13F2NO3. The highest BCUT2D eigenvalue weighted by molar-refractivity contribution is 6.21. The van der Waals surface area contributed by atoms with Crippen LogP contribution in [0.5, 0.6) is 0 Å². The van der Waals surface area contributed by atoms with Gasteiger partial charge in [-0.2, -0.15) is 0 Å². The Bertz CT molecular complexity index is 504. The maximum absolute atomic E-state index is 13.1. The van der Waals surface area contributed by atoms with Gasteiger partial charge in [0.05, 0.1) is 11.1 Å². The first kappa shape index (κ1) is 13.6. The van der Waals surface area contributed by atoms with Crippen molar-refractivity contribution in [2.75, 3.05) is 13.2 Å². The van der Waals surface area contributed by atoms with Crippen LogP contribution in [0.2, 0.25) is 0 Å². The molecule has 0 aliphatic carbocycles. The highest BCUT2D eigenvalue weighted by Crippen LogP contribution is 2.26. The van der Waals surface area contributed by atoms with Crippen LogP contribution in [0.1, 0.15) is 34.1 Å². The number of halogens is 2. The summed E-state index contributed by atoms with van der Waals surface area (Å²) < 4.78 is 26.2. The van der Waals surface area contributed by atoms with Crippen LogP contribution in [0.25, 0.3) is 0 Å². The van der Waals surface area contributed by atoms with Gasteiger partial charge in [-0.25, -0.2) is 8.78 Å². The number of carbonyl (C=O) groups is 2. The van der Waals surface area contributed by atoms with Crippen LogP contribution in [0.15, 0.2) is 12.1 Å². The fourth-order valence-corrected chi connectivity index (χ4v) is 2.07. The minimum atomic E-state index is -1.15. The second kappa shape index (κ2) is 5.05. The van der Waals surface area contributed by atoms with Crippen LogP contribution in [0.4, 0.5) is 8.78 Å². The predicted molar refractivity (Wildman–Crippen MR) is 62.6 cm³/mol. The molecule has 2 amide bonds. The van der Waals surface area contributed by atoms with E-state index in [4.69, 9.17) is 5.11 Å². The lowest BCUT2D eigenvalue weighted by Gasteiger charge is -2.18. The SMILES string of the molecule is CC(CCO)CN1C(=O)c2cc(F)c(F)cc2C1=O.